The Hall–Kier alpha value is -1.24. The van der Waals surface area contributed by atoms with Gasteiger partial charge in [0.2, 0.25) is 0 Å². The molecule has 0 radical (unpaired) electrons. The minimum Gasteiger partial charge on any atom is -0.376 e. The number of thiocarbonyl (C=S) groups is 1. The lowest BCUT2D eigenvalue weighted by molar-refractivity contribution is -0.107. The molecule has 88 valence electrons. The van der Waals surface area contributed by atoms with Crippen LogP contribution in [0.25, 0.3) is 0 Å². The average molecular weight is 244 g/mol. The topological polar surface area (TPSA) is 56.5 Å². The molecule has 3 N–H and O–H groups in total. The predicted octanol–water partition coefficient (Wildman–Crippen LogP) is 1.77. The number of nitrogens with two attached hydrogens (primary N) is 1. The highest BCUT2D eigenvalue weighted by Crippen LogP contribution is 2.23. The van der Waals surface area contributed by atoms with Gasteiger partial charge in [-0.15, -0.1) is 0 Å². The van der Waals surface area contributed by atoms with Gasteiger partial charge < -0.3 is 20.5 Å². The zero-order chi connectivity index (χ0) is 12.1. The van der Waals surface area contributed by atoms with Crippen LogP contribution in [0.5, 0.6) is 0 Å². The van der Waals surface area contributed by atoms with E-state index in [1.54, 1.807) is 12.1 Å². The Morgan fingerprint density at radius 3 is 2.50 bits per heavy atom. The van der Waals surface area contributed by atoms with Crippen LogP contribution in [-0.2, 0) is 9.47 Å². The van der Waals surface area contributed by atoms with Crippen molar-refractivity contribution in [3.8, 4) is 0 Å². The second kappa shape index (κ2) is 5.74. The van der Waals surface area contributed by atoms with E-state index in [0.29, 0.717) is 11.3 Å². The van der Waals surface area contributed by atoms with Gasteiger partial charge in [-0.05, 0) is 30.4 Å². The molecule has 1 aromatic rings. The molecule has 0 atom stereocenters. The van der Waals surface area contributed by atoms with Crippen LogP contribution in [0.3, 0.4) is 0 Å². The second-order valence-electron chi connectivity index (χ2n) is 3.03. The highest BCUT2D eigenvalue weighted by Gasteiger charge is 2.14. The monoisotopic (exact) mass is 244 g/mol. The second-order valence-corrected chi connectivity index (χ2v) is 3.47. The van der Waals surface area contributed by atoms with Crippen LogP contribution in [0.4, 0.5) is 10.1 Å². The smallest absolute Gasteiger partial charge is 0.185 e. The highest BCUT2D eigenvalue weighted by atomic mass is 32.1. The summed E-state index contributed by atoms with van der Waals surface area (Å²) in [7, 11) is 2.88. The number of halogens is 1. The summed E-state index contributed by atoms with van der Waals surface area (Å²) < 4.78 is 23.5. The summed E-state index contributed by atoms with van der Waals surface area (Å²) in [5, 5.41) is 2.72. The van der Waals surface area contributed by atoms with Crippen LogP contribution in [0.2, 0.25) is 0 Å². The lowest BCUT2D eigenvalue weighted by Gasteiger charge is -2.15. The number of nitrogens with one attached hydrogen (secondary N) is 1. The van der Waals surface area contributed by atoms with Crippen molar-refractivity contribution in [3.05, 3.63) is 29.6 Å². The summed E-state index contributed by atoms with van der Waals surface area (Å²) in [6, 6.07) is 4.47. The lowest BCUT2D eigenvalue weighted by Crippen LogP contribution is -2.19. The molecule has 0 spiro atoms. The Bertz CT molecular complexity index is 383. The van der Waals surface area contributed by atoms with Crippen molar-refractivity contribution in [3.63, 3.8) is 0 Å². The molecule has 16 heavy (non-hydrogen) atoms. The third-order valence-corrected chi connectivity index (χ3v) is 2.05. The molecule has 6 heteroatoms. The van der Waals surface area contributed by atoms with Crippen LogP contribution in [0, 0.1) is 5.82 Å². The van der Waals surface area contributed by atoms with Crippen molar-refractivity contribution in [2.75, 3.05) is 19.5 Å². The predicted molar refractivity (Wildman–Crippen MR) is 63.6 cm³/mol. The maximum Gasteiger partial charge on any atom is 0.185 e. The van der Waals surface area contributed by atoms with Crippen LogP contribution in [0.15, 0.2) is 18.2 Å². The number of anilines is 1. The summed E-state index contributed by atoms with van der Waals surface area (Å²) >= 11 is 4.65. The van der Waals surface area contributed by atoms with E-state index in [-0.39, 0.29) is 5.11 Å². The van der Waals surface area contributed by atoms with E-state index in [1.807, 2.05) is 0 Å². The zero-order valence-corrected chi connectivity index (χ0v) is 9.81. The molecule has 0 amide bonds. The van der Waals surface area contributed by atoms with Crippen molar-refractivity contribution in [2.45, 2.75) is 6.29 Å². The standard InChI is InChI=1S/C10H13FN2O2S/c1-14-9(15-2)7-4-3-6(5-8(7)11)13-10(12)16/h3-5,9H,1-2H3,(H3,12,13,16). The molecule has 0 aliphatic rings. The van der Waals surface area contributed by atoms with Crippen molar-refractivity contribution >= 4 is 23.0 Å². The molecule has 0 saturated carbocycles. The molecule has 0 fully saturated rings. The third kappa shape index (κ3) is 3.13. The van der Waals surface area contributed by atoms with E-state index in [2.05, 4.69) is 17.5 Å². The van der Waals surface area contributed by atoms with Gasteiger partial charge in [0.1, 0.15) is 5.82 Å². The van der Waals surface area contributed by atoms with E-state index in [4.69, 9.17) is 15.2 Å². The van der Waals surface area contributed by atoms with Gasteiger partial charge in [0.15, 0.2) is 11.4 Å². The van der Waals surface area contributed by atoms with Crippen LogP contribution in [0.1, 0.15) is 11.9 Å². The maximum atomic E-state index is 13.6. The number of benzene rings is 1. The molecule has 0 aliphatic carbocycles. The number of methoxy groups -OCH3 is 2. The van der Waals surface area contributed by atoms with E-state index >= 15 is 0 Å². The molecule has 4 nitrogen and oxygen atoms in total. The maximum absolute atomic E-state index is 13.6. The van der Waals surface area contributed by atoms with E-state index in [9.17, 15) is 4.39 Å². The Kier molecular flexibility index (Phi) is 4.60. The molecular weight excluding hydrogens is 231 g/mol. The molecule has 1 aromatic carbocycles. The molecule has 0 aliphatic heterocycles. The Morgan fingerprint density at radius 1 is 1.44 bits per heavy atom. The fourth-order valence-electron chi connectivity index (χ4n) is 1.29. The van der Waals surface area contributed by atoms with E-state index in [0.717, 1.165) is 0 Å². The van der Waals surface area contributed by atoms with Gasteiger partial charge in [-0.1, -0.05) is 0 Å². The SMILES string of the molecule is COC(OC)c1ccc(NC(N)=S)cc1F. The Balaban J connectivity index is 2.94. The summed E-state index contributed by atoms with van der Waals surface area (Å²) in [6.45, 7) is 0. The molecule has 0 saturated heterocycles. The summed E-state index contributed by atoms with van der Waals surface area (Å²) in [6.07, 6.45) is -0.723. The molecule has 0 bridgehead atoms. The highest BCUT2D eigenvalue weighted by molar-refractivity contribution is 7.80. The first-order valence-electron chi connectivity index (χ1n) is 4.50. The lowest BCUT2D eigenvalue weighted by atomic mass is 10.2. The fourth-order valence-corrected chi connectivity index (χ4v) is 1.41. The van der Waals surface area contributed by atoms with Gasteiger partial charge in [-0.25, -0.2) is 4.39 Å². The first-order chi connectivity index (χ1) is 7.58. The van der Waals surface area contributed by atoms with Gasteiger partial charge in [-0.3, -0.25) is 0 Å². The van der Waals surface area contributed by atoms with Gasteiger partial charge in [-0.2, -0.15) is 0 Å². The average Bonchev–Trinajstić information content (AvgIpc) is 2.21. The fraction of sp³-hybridized carbons (Fsp3) is 0.300. The minimum atomic E-state index is -0.723. The van der Waals surface area contributed by atoms with Gasteiger partial charge >= 0.3 is 0 Å². The van der Waals surface area contributed by atoms with E-state index in [1.165, 1.54) is 20.3 Å². The van der Waals surface area contributed by atoms with Crippen molar-refractivity contribution < 1.29 is 13.9 Å². The van der Waals surface area contributed by atoms with E-state index < -0.39 is 12.1 Å². The quantitative estimate of drug-likeness (QED) is 0.624. The van der Waals surface area contributed by atoms with Gasteiger partial charge in [0.25, 0.3) is 0 Å². The normalized spacial score (nSPS) is 10.5. The molecule has 0 heterocycles. The van der Waals surface area contributed by atoms with Gasteiger partial charge in [0, 0.05) is 25.5 Å². The third-order valence-electron chi connectivity index (χ3n) is 1.95. The van der Waals surface area contributed by atoms with Crippen molar-refractivity contribution in [1.82, 2.24) is 0 Å². The molecular formula is C10H13FN2O2S. The zero-order valence-electron chi connectivity index (χ0n) is 8.99. The summed E-state index contributed by atoms with van der Waals surface area (Å²) in [4.78, 5) is 0. The van der Waals surface area contributed by atoms with Crippen LogP contribution < -0.4 is 11.1 Å². The molecule has 0 aromatic heterocycles. The number of hydrogen-bond donors (Lipinski definition) is 2. The number of ether oxygens (including phenoxy) is 2. The molecule has 1 rings (SSSR count). The Labute approximate surface area is 98.5 Å². The van der Waals surface area contributed by atoms with Gasteiger partial charge in [0.05, 0.1) is 0 Å². The van der Waals surface area contributed by atoms with Crippen LogP contribution in [-0.4, -0.2) is 19.3 Å². The largest absolute Gasteiger partial charge is 0.376 e. The summed E-state index contributed by atoms with van der Waals surface area (Å²) in [5.41, 5.74) is 6.08. The first kappa shape index (κ1) is 12.8. The Morgan fingerprint density at radius 2 is 2.06 bits per heavy atom. The first-order valence-corrected chi connectivity index (χ1v) is 4.90. The van der Waals surface area contributed by atoms with Crippen LogP contribution >= 0.6 is 12.2 Å². The molecule has 0 unspecified atom stereocenters. The minimum absolute atomic E-state index is 0.0854. The van der Waals surface area contributed by atoms with Crippen molar-refractivity contribution in [1.29, 1.82) is 0 Å². The number of hydrogen-bond acceptors (Lipinski definition) is 3. The summed E-state index contributed by atoms with van der Waals surface area (Å²) in [5.74, 6) is -0.449. The van der Waals surface area contributed by atoms with Crippen molar-refractivity contribution in [2.24, 2.45) is 5.73 Å². The number of rotatable bonds is 4.